The van der Waals surface area contributed by atoms with Crippen LogP contribution in [0, 0.1) is 11.2 Å². The number of rotatable bonds is 7. The summed E-state index contributed by atoms with van der Waals surface area (Å²) < 4.78 is 19.4. The van der Waals surface area contributed by atoms with E-state index in [1.165, 1.54) is 21.9 Å². The lowest BCUT2D eigenvalue weighted by Crippen LogP contribution is -2.43. The number of hydrogen-bond acceptors (Lipinski definition) is 6. The Morgan fingerprint density at radius 2 is 2.40 bits per heavy atom. The lowest BCUT2D eigenvalue weighted by atomic mass is 10.2. The summed E-state index contributed by atoms with van der Waals surface area (Å²) in [6.45, 7) is 0.475. The highest BCUT2D eigenvalue weighted by Gasteiger charge is 2.32. The van der Waals surface area contributed by atoms with Gasteiger partial charge in [0.15, 0.2) is 5.11 Å². The van der Waals surface area contributed by atoms with Gasteiger partial charge in [0.25, 0.3) is 0 Å². The molecule has 1 aromatic rings. The van der Waals surface area contributed by atoms with E-state index in [4.69, 9.17) is 33.3 Å². The molecule has 1 amide bonds. The van der Waals surface area contributed by atoms with Gasteiger partial charge in [0.2, 0.25) is 0 Å². The number of nitrogens with zero attached hydrogens (tertiary/aromatic N) is 2. The number of nitrogens with one attached hydrogen (secondary N) is 3. The Bertz CT molecular complexity index is 661. The molecule has 9 nitrogen and oxygen atoms in total. The van der Waals surface area contributed by atoms with Crippen LogP contribution >= 0.6 is 12.2 Å². The van der Waals surface area contributed by atoms with Crippen LogP contribution in [-0.2, 0) is 4.74 Å². The molecule has 6 N–H and O–H groups in total. The van der Waals surface area contributed by atoms with E-state index < -0.39 is 18.0 Å². The van der Waals surface area contributed by atoms with Crippen molar-refractivity contribution in [2.24, 2.45) is 5.84 Å². The number of amides is 1. The fourth-order valence-corrected chi connectivity index (χ4v) is 2.42. The van der Waals surface area contributed by atoms with Crippen LogP contribution in [0.1, 0.15) is 0 Å². The van der Waals surface area contributed by atoms with Crippen molar-refractivity contribution in [1.29, 1.82) is 5.41 Å². The van der Waals surface area contributed by atoms with Crippen LogP contribution in [0.3, 0.4) is 0 Å². The third kappa shape index (κ3) is 4.53. The topological polar surface area (TPSA) is 127 Å². The van der Waals surface area contributed by atoms with Gasteiger partial charge in [-0.3, -0.25) is 10.3 Å². The Hall–Kier alpha value is -2.50. The number of anilines is 2. The molecule has 1 aliphatic rings. The number of benzene rings is 1. The molecule has 136 valence electrons. The smallest absolute Gasteiger partial charge is 0.414 e. The first-order valence-electron chi connectivity index (χ1n) is 7.40. The summed E-state index contributed by atoms with van der Waals surface area (Å²) >= 11 is 4.83. The van der Waals surface area contributed by atoms with Gasteiger partial charge in [-0.25, -0.2) is 15.0 Å². The second-order valence-electron chi connectivity index (χ2n) is 5.16. The summed E-state index contributed by atoms with van der Waals surface area (Å²) in [7, 11) is 0. The molecule has 0 radical (unpaired) electrons. The highest BCUT2D eigenvalue weighted by atomic mass is 32.1. The standard InChI is InChI=1S/C14H19FN6O3S/c15-11-5-9(21-6-10(7-22)24-14(21)23)1-2-12(11)20(8-16)4-3-18-13(25)19-17/h1-2,5,8,10,16,22H,3-4,6-7,17H2,(H2,18,19,25)/t10-/m1/s1. The second-order valence-corrected chi connectivity index (χ2v) is 5.57. The van der Waals surface area contributed by atoms with Gasteiger partial charge in [0, 0.05) is 13.1 Å². The van der Waals surface area contributed by atoms with Crippen LogP contribution in [0.4, 0.5) is 20.6 Å². The summed E-state index contributed by atoms with van der Waals surface area (Å²) in [5.41, 5.74) is 2.76. The molecule has 0 aliphatic carbocycles. The third-order valence-corrected chi connectivity index (χ3v) is 3.82. The minimum atomic E-state index is -0.637. The fourth-order valence-electron chi connectivity index (χ4n) is 2.32. The molecule has 0 saturated carbocycles. The molecule has 1 aliphatic heterocycles. The number of thiocarbonyl (C=S) groups is 1. The van der Waals surface area contributed by atoms with E-state index in [1.54, 1.807) is 6.07 Å². The monoisotopic (exact) mass is 370 g/mol. The van der Waals surface area contributed by atoms with Crippen molar-refractivity contribution < 1.29 is 19.0 Å². The quantitative estimate of drug-likeness (QED) is 0.148. The average molecular weight is 370 g/mol. The van der Waals surface area contributed by atoms with Crippen molar-refractivity contribution in [3.8, 4) is 0 Å². The molecule has 11 heteroatoms. The van der Waals surface area contributed by atoms with Gasteiger partial charge in [-0.2, -0.15) is 0 Å². The number of carbonyl (C=O) groups excluding carboxylic acids is 1. The summed E-state index contributed by atoms with van der Waals surface area (Å²) in [4.78, 5) is 14.4. The Kier molecular flexibility index (Phi) is 6.44. The van der Waals surface area contributed by atoms with E-state index >= 15 is 0 Å². The predicted molar refractivity (Wildman–Crippen MR) is 95.2 cm³/mol. The van der Waals surface area contributed by atoms with Crippen LogP contribution in [0.25, 0.3) is 0 Å². The van der Waals surface area contributed by atoms with E-state index in [9.17, 15) is 9.18 Å². The highest BCUT2D eigenvalue weighted by molar-refractivity contribution is 7.80. The number of carbonyl (C=O) groups is 1. The Labute approximate surface area is 149 Å². The molecule has 2 rings (SSSR count). The first-order valence-corrected chi connectivity index (χ1v) is 7.81. The molecule has 0 bridgehead atoms. The van der Waals surface area contributed by atoms with Gasteiger partial charge < -0.3 is 25.5 Å². The number of aliphatic hydroxyl groups excluding tert-OH is 1. The van der Waals surface area contributed by atoms with Crippen LogP contribution in [0.15, 0.2) is 18.2 Å². The molecule has 0 spiro atoms. The Morgan fingerprint density at radius 1 is 1.64 bits per heavy atom. The van der Waals surface area contributed by atoms with E-state index in [-0.39, 0.29) is 30.5 Å². The lowest BCUT2D eigenvalue weighted by molar-refractivity contribution is 0.0963. The van der Waals surface area contributed by atoms with Crippen molar-refractivity contribution in [3.63, 3.8) is 0 Å². The van der Waals surface area contributed by atoms with Crippen LogP contribution < -0.4 is 26.4 Å². The molecular weight excluding hydrogens is 351 g/mol. The third-order valence-electron chi connectivity index (χ3n) is 3.56. The number of hydrogen-bond donors (Lipinski definition) is 5. The number of aliphatic hydroxyl groups is 1. The van der Waals surface area contributed by atoms with Gasteiger partial charge in [0.05, 0.1) is 30.9 Å². The second kappa shape index (κ2) is 8.55. The molecular formula is C14H19FN6O3S. The van der Waals surface area contributed by atoms with Crippen molar-refractivity contribution >= 4 is 41.1 Å². The van der Waals surface area contributed by atoms with Crippen LogP contribution in [-0.4, -0.2) is 55.0 Å². The van der Waals surface area contributed by atoms with Crippen molar-refractivity contribution in [1.82, 2.24) is 10.7 Å². The molecule has 1 fully saturated rings. The van der Waals surface area contributed by atoms with Gasteiger partial charge in [-0.15, -0.1) is 0 Å². The van der Waals surface area contributed by atoms with Crippen LogP contribution in [0.2, 0.25) is 0 Å². The molecule has 1 aromatic carbocycles. The zero-order valence-corrected chi connectivity index (χ0v) is 14.1. The maximum absolute atomic E-state index is 14.4. The van der Waals surface area contributed by atoms with E-state index in [0.717, 1.165) is 6.34 Å². The van der Waals surface area contributed by atoms with E-state index in [0.29, 0.717) is 12.2 Å². The fraction of sp³-hybridized carbons (Fsp3) is 0.357. The largest absolute Gasteiger partial charge is 0.441 e. The zero-order valence-electron chi connectivity index (χ0n) is 13.2. The summed E-state index contributed by atoms with van der Waals surface area (Å²) in [6, 6.07) is 4.20. The first-order chi connectivity index (χ1) is 12.0. The van der Waals surface area contributed by atoms with E-state index in [1.807, 2.05) is 0 Å². The first kappa shape index (κ1) is 18.8. The lowest BCUT2D eigenvalue weighted by Gasteiger charge is -2.21. The minimum absolute atomic E-state index is 0.149. The van der Waals surface area contributed by atoms with E-state index in [2.05, 4.69) is 10.7 Å². The van der Waals surface area contributed by atoms with Crippen molar-refractivity contribution in [3.05, 3.63) is 24.0 Å². The molecule has 1 atom stereocenters. The van der Waals surface area contributed by atoms with Crippen LogP contribution in [0.5, 0.6) is 0 Å². The average Bonchev–Trinajstić information content (AvgIpc) is 3.00. The Balaban J connectivity index is 2.08. The summed E-state index contributed by atoms with van der Waals surface area (Å²) in [5, 5.41) is 19.5. The number of ether oxygens (including phenoxy) is 1. The van der Waals surface area contributed by atoms with Gasteiger partial charge >= 0.3 is 6.09 Å². The normalized spacial score (nSPS) is 16.4. The zero-order chi connectivity index (χ0) is 18.4. The molecule has 25 heavy (non-hydrogen) atoms. The number of nitrogens with two attached hydrogens (primary N) is 1. The van der Waals surface area contributed by atoms with Gasteiger partial charge in [-0.1, -0.05) is 0 Å². The molecule has 1 saturated heterocycles. The maximum atomic E-state index is 14.4. The highest BCUT2D eigenvalue weighted by Crippen LogP contribution is 2.27. The minimum Gasteiger partial charge on any atom is -0.441 e. The van der Waals surface area contributed by atoms with Gasteiger partial charge in [-0.05, 0) is 30.4 Å². The van der Waals surface area contributed by atoms with Gasteiger partial charge in [0.1, 0.15) is 11.9 Å². The molecule has 0 unspecified atom stereocenters. The summed E-state index contributed by atoms with van der Waals surface area (Å²) in [5.74, 6) is 4.54. The predicted octanol–water partition coefficient (Wildman–Crippen LogP) is -0.106. The maximum Gasteiger partial charge on any atom is 0.414 e. The van der Waals surface area contributed by atoms with Crippen molar-refractivity contribution in [2.75, 3.05) is 36.0 Å². The Morgan fingerprint density at radius 3 is 2.96 bits per heavy atom. The van der Waals surface area contributed by atoms with Crippen molar-refractivity contribution in [2.45, 2.75) is 6.10 Å². The number of halogens is 1. The molecule has 0 aromatic heterocycles. The SMILES string of the molecule is N=CN(CCNC(=S)NN)c1ccc(N2C[C@H](CO)OC2=O)cc1F. The number of cyclic esters (lactones) is 1. The number of hydrazine groups is 1. The summed E-state index contributed by atoms with van der Waals surface area (Å²) in [6.07, 6.45) is -0.272. The molecule has 1 heterocycles.